The molecule has 0 bridgehead atoms. The van der Waals surface area contributed by atoms with Crippen molar-refractivity contribution in [3.05, 3.63) is 35.1 Å². The van der Waals surface area contributed by atoms with Crippen molar-refractivity contribution in [2.75, 3.05) is 13.2 Å². The summed E-state index contributed by atoms with van der Waals surface area (Å²) in [7, 11) is 0. The number of aliphatic hydroxyl groups excluding tert-OH is 1. The Morgan fingerprint density at radius 3 is 2.36 bits per heavy atom. The topological polar surface area (TPSA) is 61.4 Å². The molecule has 0 aromatic heterocycles. The van der Waals surface area contributed by atoms with E-state index in [-0.39, 0.29) is 25.1 Å². The molecule has 0 fully saturated rings. The van der Waals surface area contributed by atoms with Crippen LogP contribution in [0.25, 0.3) is 0 Å². The largest absolute Gasteiger partial charge is 0.396 e. The van der Waals surface area contributed by atoms with Crippen LogP contribution in [0.1, 0.15) is 32.3 Å². The minimum absolute atomic E-state index is 0.0429. The Morgan fingerprint density at radius 1 is 1.27 bits per heavy atom. The molecule has 1 aromatic carbocycles. The van der Waals surface area contributed by atoms with Crippen LogP contribution >= 0.6 is 0 Å². The van der Waals surface area contributed by atoms with Gasteiger partial charge in [-0.1, -0.05) is 6.92 Å². The van der Waals surface area contributed by atoms with E-state index < -0.39 is 29.0 Å². The average Bonchev–Trinajstić information content (AvgIpc) is 2.44. The minimum Gasteiger partial charge on any atom is -0.396 e. The van der Waals surface area contributed by atoms with Gasteiger partial charge in [-0.2, -0.15) is 0 Å². The Hall–Kier alpha value is -1.76. The molecule has 3 N–H and O–H groups in total. The summed E-state index contributed by atoms with van der Waals surface area (Å²) < 4.78 is 38.9. The summed E-state index contributed by atoms with van der Waals surface area (Å²) in [6, 6.07) is 1.38. The molecule has 0 aliphatic heterocycles. The second kappa shape index (κ2) is 8.03. The van der Waals surface area contributed by atoms with E-state index in [1.54, 1.807) is 0 Å². The predicted octanol–water partition coefficient (Wildman–Crippen LogP) is 2.50. The van der Waals surface area contributed by atoms with E-state index in [9.17, 15) is 18.0 Å². The summed E-state index contributed by atoms with van der Waals surface area (Å²) in [4.78, 5) is 11.8. The highest BCUT2D eigenvalue weighted by atomic mass is 19.2. The summed E-state index contributed by atoms with van der Waals surface area (Å²) in [6.45, 7) is 3.81. The predicted molar refractivity (Wildman–Crippen MR) is 77.0 cm³/mol. The maximum absolute atomic E-state index is 13.0. The molecule has 7 heteroatoms. The van der Waals surface area contributed by atoms with E-state index in [1.165, 1.54) is 0 Å². The van der Waals surface area contributed by atoms with Crippen molar-refractivity contribution in [1.82, 2.24) is 10.6 Å². The van der Waals surface area contributed by atoms with Crippen molar-refractivity contribution in [3.63, 3.8) is 0 Å². The lowest BCUT2D eigenvalue weighted by atomic mass is 9.95. The summed E-state index contributed by atoms with van der Waals surface area (Å²) in [5.41, 5.74) is -0.266. The van der Waals surface area contributed by atoms with Gasteiger partial charge in [0.25, 0.3) is 0 Å². The van der Waals surface area contributed by atoms with Crippen molar-refractivity contribution in [2.24, 2.45) is 0 Å². The lowest BCUT2D eigenvalue weighted by Crippen LogP contribution is -2.50. The molecular weight excluding hydrogens is 297 g/mol. The molecule has 0 aliphatic carbocycles. The standard InChI is InChI=1S/C15H21F3N2O2/c1-3-15(2,5-7-21)20-14(22)19-6-4-10-8-11(16)13(18)12(17)9-10/h8-9,21H,3-7H2,1-2H3,(H2,19,20,22). The van der Waals surface area contributed by atoms with E-state index >= 15 is 0 Å². The van der Waals surface area contributed by atoms with Gasteiger partial charge in [0.05, 0.1) is 0 Å². The molecule has 0 radical (unpaired) electrons. The lowest BCUT2D eigenvalue weighted by Gasteiger charge is -2.29. The number of amides is 2. The van der Waals surface area contributed by atoms with Crippen LogP contribution in [-0.4, -0.2) is 29.8 Å². The van der Waals surface area contributed by atoms with Crippen LogP contribution in [-0.2, 0) is 6.42 Å². The van der Waals surface area contributed by atoms with Crippen LogP contribution in [0, 0.1) is 17.5 Å². The molecule has 4 nitrogen and oxygen atoms in total. The highest BCUT2D eigenvalue weighted by molar-refractivity contribution is 5.74. The minimum atomic E-state index is -1.50. The van der Waals surface area contributed by atoms with Gasteiger partial charge in [-0.15, -0.1) is 0 Å². The number of nitrogens with one attached hydrogen (secondary N) is 2. The van der Waals surface area contributed by atoms with Gasteiger partial charge in [-0.3, -0.25) is 0 Å². The van der Waals surface area contributed by atoms with Crippen LogP contribution in [0.2, 0.25) is 0 Å². The Balaban J connectivity index is 2.49. The quantitative estimate of drug-likeness (QED) is 0.677. The van der Waals surface area contributed by atoms with Gasteiger partial charge in [0.1, 0.15) is 0 Å². The van der Waals surface area contributed by atoms with Gasteiger partial charge in [0.2, 0.25) is 0 Å². The van der Waals surface area contributed by atoms with Gasteiger partial charge in [0, 0.05) is 18.7 Å². The van der Waals surface area contributed by atoms with E-state index in [2.05, 4.69) is 10.6 Å². The first-order valence-corrected chi connectivity index (χ1v) is 7.11. The maximum atomic E-state index is 13.0. The molecule has 1 atom stereocenters. The first-order valence-electron chi connectivity index (χ1n) is 7.11. The number of urea groups is 1. The van der Waals surface area contributed by atoms with Gasteiger partial charge in [-0.25, -0.2) is 18.0 Å². The number of benzene rings is 1. The lowest BCUT2D eigenvalue weighted by molar-refractivity contribution is 0.201. The fraction of sp³-hybridized carbons (Fsp3) is 0.533. The smallest absolute Gasteiger partial charge is 0.315 e. The Kier molecular flexibility index (Phi) is 6.67. The van der Waals surface area contributed by atoms with Gasteiger partial charge >= 0.3 is 6.03 Å². The Morgan fingerprint density at radius 2 is 1.86 bits per heavy atom. The SMILES string of the molecule is CCC(C)(CCO)NC(=O)NCCc1cc(F)c(F)c(F)c1. The first-order chi connectivity index (χ1) is 10.3. The van der Waals surface area contributed by atoms with E-state index in [1.807, 2.05) is 13.8 Å². The second-order valence-electron chi connectivity index (χ2n) is 5.39. The molecule has 124 valence electrons. The van der Waals surface area contributed by atoms with Crippen molar-refractivity contribution in [3.8, 4) is 0 Å². The molecular formula is C15H21F3N2O2. The van der Waals surface area contributed by atoms with Crippen LogP contribution in [0.4, 0.5) is 18.0 Å². The monoisotopic (exact) mass is 318 g/mol. The van der Waals surface area contributed by atoms with Crippen molar-refractivity contribution in [2.45, 2.75) is 38.6 Å². The number of hydrogen-bond acceptors (Lipinski definition) is 2. The molecule has 0 saturated carbocycles. The molecule has 0 saturated heterocycles. The summed E-state index contributed by atoms with van der Waals surface area (Å²) in [5, 5.41) is 14.3. The van der Waals surface area contributed by atoms with Crippen LogP contribution in [0.5, 0.6) is 0 Å². The Bertz CT molecular complexity index is 503. The molecule has 1 unspecified atom stereocenters. The van der Waals surface area contributed by atoms with Crippen molar-refractivity contribution < 1.29 is 23.1 Å². The molecule has 2 amide bonds. The zero-order valence-electron chi connectivity index (χ0n) is 12.7. The molecule has 1 rings (SSSR count). The van der Waals surface area contributed by atoms with E-state index in [4.69, 9.17) is 5.11 Å². The molecule has 0 aliphatic rings. The number of hydrogen-bond donors (Lipinski definition) is 3. The van der Waals surface area contributed by atoms with E-state index in [0.29, 0.717) is 12.8 Å². The molecule has 1 aromatic rings. The third-order valence-corrected chi connectivity index (χ3v) is 3.60. The second-order valence-corrected chi connectivity index (χ2v) is 5.39. The van der Waals surface area contributed by atoms with Gasteiger partial charge in [-0.05, 0) is 43.9 Å². The number of rotatable bonds is 7. The van der Waals surface area contributed by atoms with Crippen LogP contribution < -0.4 is 10.6 Å². The third-order valence-electron chi connectivity index (χ3n) is 3.60. The zero-order chi connectivity index (χ0) is 16.8. The number of halogens is 3. The highest BCUT2D eigenvalue weighted by Gasteiger charge is 2.23. The van der Waals surface area contributed by atoms with Gasteiger partial charge < -0.3 is 15.7 Å². The maximum Gasteiger partial charge on any atom is 0.315 e. The Labute approximate surface area is 127 Å². The number of carbonyl (C=O) groups is 1. The van der Waals surface area contributed by atoms with Crippen molar-refractivity contribution in [1.29, 1.82) is 0 Å². The van der Waals surface area contributed by atoms with Gasteiger partial charge in [0.15, 0.2) is 17.5 Å². The summed E-state index contributed by atoms with van der Waals surface area (Å²) in [5.74, 6) is -4.00. The fourth-order valence-electron chi connectivity index (χ4n) is 1.97. The molecule has 0 heterocycles. The molecule has 22 heavy (non-hydrogen) atoms. The van der Waals surface area contributed by atoms with Crippen LogP contribution in [0.15, 0.2) is 12.1 Å². The first kappa shape index (κ1) is 18.3. The number of aliphatic hydroxyl groups is 1. The summed E-state index contributed by atoms with van der Waals surface area (Å²) >= 11 is 0. The highest BCUT2D eigenvalue weighted by Crippen LogP contribution is 2.14. The third kappa shape index (κ3) is 5.22. The van der Waals surface area contributed by atoms with Crippen molar-refractivity contribution >= 4 is 6.03 Å². The molecule has 0 spiro atoms. The normalized spacial score (nSPS) is 13.5. The fourth-order valence-corrected chi connectivity index (χ4v) is 1.97. The average molecular weight is 318 g/mol. The van der Waals surface area contributed by atoms with Crippen LogP contribution in [0.3, 0.4) is 0 Å². The van der Waals surface area contributed by atoms with E-state index in [0.717, 1.165) is 12.1 Å². The number of carbonyl (C=O) groups excluding carboxylic acids is 1. The summed E-state index contributed by atoms with van der Waals surface area (Å²) in [6.07, 6.45) is 1.24. The zero-order valence-corrected chi connectivity index (χ0v) is 12.7.